The number of nitrogens with one attached hydrogen (secondary N) is 2. The Hall–Kier alpha value is -0.800. The van der Waals surface area contributed by atoms with Crippen molar-refractivity contribution in [2.45, 2.75) is 57.8 Å². The Morgan fingerprint density at radius 1 is 0.737 bits per heavy atom. The predicted octanol–water partition coefficient (Wildman–Crippen LogP) is 2.70. The van der Waals surface area contributed by atoms with Gasteiger partial charge in [-0.1, -0.05) is 49.9 Å². The fourth-order valence-corrected chi connectivity index (χ4v) is 1.84. The normalized spacial score (nSPS) is 22.7. The average Bonchev–Trinajstić information content (AvgIpc) is 2.43. The summed E-state index contributed by atoms with van der Waals surface area (Å²) < 4.78 is 0. The summed E-state index contributed by atoms with van der Waals surface area (Å²) in [6.45, 7) is 1.42. The minimum atomic E-state index is 0.629. The molecule has 0 saturated carbocycles. The number of rotatable bonds is 0. The summed E-state index contributed by atoms with van der Waals surface area (Å²) in [5, 5.41) is 15.3. The third-order valence-electron chi connectivity index (χ3n) is 2.86. The molecule has 0 unspecified atom stereocenters. The van der Waals surface area contributed by atoms with Crippen molar-refractivity contribution in [1.82, 2.24) is 11.0 Å². The van der Waals surface area contributed by atoms with Gasteiger partial charge < -0.3 is 0 Å². The van der Waals surface area contributed by atoms with Gasteiger partial charge in [-0.05, 0) is 17.9 Å². The third-order valence-corrected chi connectivity index (χ3v) is 2.86. The van der Waals surface area contributed by atoms with E-state index in [-0.39, 0.29) is 0 Å². The molecule has 112 valence electrons. The van der Waals surface area contributed by atoms with Gasteiger partial charge in [-0.2, -0.15) is 10.1 Å². The molecule has 1 heterocycles. The summed E-state index contributed by atoms with van der Waals surface area (Å²) >= 11 is 0. The van der Waals surface area contributed by atoms with Crippen molar-refractivity contribution < 1.29 is 20.1 Å². The van der Waals surface area contributed by atoms with Gasteiger partial charge in [-0.3, -0.25) is 0 Å². The van der Waals surface area contributed by atoms with E-state index in [1.807, 2.05) is 0 Å². The maximum absolute atomic E-state index is 4.39. The van der Waals surface area contributed by atoms with Crippen LogP contribution in [0.25, 0.3) is 0 Å². The fraction of sp³-hybridized carbons (Fsp3) is 1.00. The van der Waals surface area contributed by atoms with Crippen molar-refractivity contribution in [3.8, 4) is 0 Å². The summed E-state index contributed by atoms with van der Waals surface area (Å²) in [5.41, 5.74) is 5.16. The molecular formula is C11H24N4O4. The lowest BCUT2D eigenvalue weighted by Gasteiger charge is -2.04. The molecular weight excluding hydrogens is 252 g/mol. The molecule has 0 amide bonds. The first kappa shape index (κ1) is 16.3. The molecule has 0 aromatic rings. The second kappa shape index (κ2) is 13.6. The van der Waals surface area contributed by atoms with Crippen molar-refractivity contribution in [2.75, 3.05) is 13.1 Å². The monoisotopic (exact) mass is 276 g/mol. The van der Waals surface area contributed by atoms with Crippen LogP contribution < -0.4 is 11.0 Å². The van der Waals surface area contributed by atoms with Crippen LogP contribution in [0.3, 0.4) is 0 Å². The second-order valence-corrected chi connectivity index (χ2v) is 4.45. The van der Waals surface area contributed by atoms with E-state index in [4.69, 9.17) is 0 Å². The third kappa shape index (κ3) is 12.0. The van der Waals surface area contributed by atoms with E-state index in [1.54, 1.807) is 0 Å². The van der Waals surface area contributed by atoms with E-state index < -0.39 is 0 Å². The van der Waals surface area contributed by atoms with Gasteiger partial charge in [0.05, 0.1) is 11.8 Å². The van der Waals surface area contributed by atoms with E-state index >= 15 is 0 Å². The van der Waals surface area contributed by atoms with E-state index in [2.05, 4.69) is 41.5 Å². The summed E-state index contributed by atoms with van der Waals surface area (Å²) in [6.07, 6.45) is 11.0. The van der Waals surface area contributed by atoms with Gasteiger partial charge in [0.25, 0.3) is 0 Å². The topological polar surface area (TPSA) is 85.7 Å². The highest BCUT2D eigenvalue weighted by Gasteiger charge is 1.94. The lowest BCUT2D eigenvalue weighted by Crippen LogP contribution is -2.32. The summed E-state index contributed by atoms with van der Waals surface area (Å²) in [4.78, 5) is 8.63. The van der Waals surface area contributed by atoms with Crippen molar-refractivity contribution in [2.24, 2.45) is 10.4 Å². The zero-order chi connectivity index (χ0) is 13.4. The summed E-state index contributed by atoms with van der Waals surface area (Å²) in [7, 11) is 0. The molecule has 0 aromatic heterocycles. The zero-order valence-electron chi connectivity index (χ0n) is 11.3. The van der Waals surface area contributed by atoms with Crippen LogP contribution in [0.4, 0.5) is 0 Å². The number of hydrogen-bond acceptors (Lipinski definition) is 8. The van der Waals surface area contributed by atoms with Crippen LogP contribution in [0.1, 0.15) is 57.8 Å². The van der Waals surface area contributed by atoms with Gasteiger partial charge in [-0.15, -0.1) is 5.59 Å². The standard InChI is InChI=1S/C11H24N4O4/c1-2-4-6-8-10-12-14-16-18-19-17-15-13-11-9-7-5-3-1/h12,14H,1-11H2. The Morgan fingerprint density at radius 2 is 1.42 bits per heavy atom. The Bertz CT molecular complexity index is 199. The maximum atomic E-state index is 4.39. The first-order valence-electron chi connectivity index (χ1n) is 7.01. The van der Waals surface area contributed by atoms with Crippen LogP contribution in [0, 0.1) is 0 Å². The molecule has 0 radical (unpaired) electrons. The SMILES string of the molecule is C1CCCCCN=NOOOONNCCCCC1. The number of nitrogens with zero attached hydrogens (tertiary/aromatic N) is 2. The van der Waals surface area contributed by atoms with Gasteiger partial charge in [0, 0.05) is 11.6 Å². The van der Waals surface area contributed by atoms with E-state index in [0.29, 0.717) is 6.54 Å². The van der Waals surface area contributed by atoms with Crippen LogP contribution >= 0.6 is 0 Å². The molecule has 8 heteroatoms. The molecule has 0 atom stereocenters. The molecule has 1 rings (SSSR count). The van der Waals surface area contributed by atoms with Gasteiger partial charge in [0.2, 0.25) is 0 Å². The van der Waals surface area contributed by atoms with Gasteiger partial charge >= 0.3 is 0 Å². The van der Waals surface area contributed by atoms with Crippen molar-refractivity contribution in [3.63, 3.8) is 0 Å². The molecule has 2 N–H and O–H groups in total. The Kier molecular flexibility index (Phi) is 11.7. The van der Waals surface area contributed by atoms with Crippen molar-refractivity contribution >= 4 is 0 Å². The molecule has 1 aliphatic heterocycles. The maximum Gasteiger partial charge on any atom is 0.0636 e. The van der Waals surface area contributed by atoms with Crippen LogP contribution in [0.5, 0.6) is 0 Å². The highest BCUT2D eigenvalue weighted by Crippen LogP contribution is 2.09. The number of hydrazine groups is 1. The van der Waals surface area contributed by atoms with Gasteiger partial charge in [0.15, 0.2) is 0 Å². The lowest BCUT2D eigenvalue weighted by atomic mass is 10.1. The van der Waals surface area contributed by atoms with Crippen LogP contribution in [0.2, 0.25) is 0 Å². The predicted molar refractivity (Wildman–Crippen MR) is 66.8 cm³/mol. The number of hydrogen-bond donors (Lipinski definition) is 2. The Labute approximate surface area is 113 Å². The molecule has 0 saturated heterocycles. The Balaban J connectivity index is 2.06. The first-order valence-corrected chi connectivity index (χ1v) is 7.01. The highest BCUT2D eigenvalue weighted by molar-refractivity contribution is 4.49. The second-order valence-electron chi connectivity index (χ2n) is 4.45. The highest BCUT2D eigenvalue weighted by atomic mass is 17.7. The average molecular weight is 276 g/mol. The van der Waals surface area contributed by atoms with Crippen LogP contribution in [-0.2, 0) is 20.1 Å². The van der Waals surface area contributed by atoms with Gasteiger partial charge in [0.1, 0.15) is 0 Å². The fourth-order valence-electron chi connectivity index (χ4n) is 1.84. The smallest absolute Gasteiger partial charge is 0.0636 e. The van der Waals surface area contributed by atoms with Crippen LogP contribution in [0.15, 0.2) is 10.4 Å². The van der Waals surface area contributed by atoms with Crippen LogP contribution in [-0.4, -0.2) is 13.1 Å². The molecule has 1 aliphatic rings. The Morgan fingerprint density at radius 3 is 2.21 bits per heavy atom. The molecule has 0 fully saturated rings. The van der Waals surface area contributed by atoms with Crippen molar-refractivity contribution in [3.05, 3.63) is 0 Å². The minimum Gasteiger partial charge on any atom is -0.232 e. The van der Waals surface area contributed by atoms with E-state index in [1.165, 1.54) is 44.9 Å². The van der Waals surface area contributed by atoms with Crippen molar-refractivity contribution in [1.29, 1.82) is 0 Å². The zero-order valence-corrected chi connectivity index (χ0v) is 11.3. The minimum absolute atomic E-state index is 0.629. The quantitative estimate of drug-likeness (QED) is 0.662. The molecule has 8 nitrogen and oxygen atoms in total. The summed E-state index contributed by atoms with van der Waals surface area (Å²) in [6, 6.07) is 0. The first-order chi connectivity index (χ1) is 9.50. The van der Waals surface area contributed by atoms with E-state index in [9.17, 15) is 0 Å². The molecule has 0 bridgehead atoms. The largest absolute Gasteiger partial charge is 0.232 e. The molecule has 0 spiro atoms. The molecule has 0 aromatic carbocycles. The molecule has 0 aliphatic carbocycles. The lowest BCUT2D eigenvalue weighted by molar-refractivity contribution is -0.651. The molecule has 19 heavy (non-hydrogen) atoms. The van der Waals surface area contributed by atoms with E-state index in [0.717, 1.165) is 19.4 Å². The van der Waals surface area contributed by atoms with Gasteiger partial charge in [-0.25, -0.2) is 5.43 Å². The summed E-state index contributed by atoms with van der Waals surface area (Å²) in [5.74, 6) is 0.